The maximum Gasteiger partial charge on any atom is 0.247 e. The van der Waals surface area contributed by atoms with E-state index in [0.29, 0.717) is 16.7 Å². The number of anilines is 1. The number of hydrogen-bond donors (Lipinski definition) is 1. The number of ketones is 1. The van der Waals surface area contributed by atoms with Crippen LogP contribution >= 0.6 is 11.6 Å². The molecule has 12 nitrogen and oxygen atoms in total. The third-order valence-corrected chi connectivity index (χ3v) is 10.8. The second-order valence-electron chi connectivity index (χ2n) is 12.3. The van der Waals surface area contributed by atoms with Crippen LogP contribution in [0.25, 0.3) is 33.2 Å². The van der Waals surface area contributed by atoms with E-state index in [2.05, 4.69) is 20.4 Å². The number of nitrogens with one attached hydrogen (secondary N) is 1. The lowest BCUT2D eigenvalue weighted by molar-refractivity contribution is -0.137. The summed E-state index contributed by atoms with van der Waals surface area (Å²) in [6, 6.07) is 11.9. The Balaban J connectivity index is 1.25. The standard InChI is InChI=1S/C35H32ClF2N7O5S/c1-19(46)34-27-12-21(22-15-39-20(2)40-16-22)8-11-30(27)45(42-34)18-32(47)44-17-23(37)13-31(44)35(48)41-29-7-5-6-25(33(29)38)26-14-24(9-10-28(26)36)51(49,50)43(3)4/h5-12,14-16,23,31H,13,17-18H2,1-4H3,(H,41,48). The number of sulfonamides is 1. The monoisotopic (exact) mass is 735 g/mol. The Hall–Kier alpha value is -5.12. The fraction of sp³-hybridized carbons (Fsp3) is 0.257. The summed E-state index contributed by atoms with van der Waals surface area (Å²) in [4.78, 5) is 49.1. The average Bonchev–Trinajstić information content (AvgIpc) is 3.66. The van der Waals surface area contributed by atoms with Crippen LogP contribution in [0.3, 0.4) is 0 Å². The maximum atomic E-state index is 15.9. The molecule has 0 radical (unpaired) electrons. The van der Waals surface area contributed by atoms with Gasteiger partial charge in [-0.1, -0.05) is 29.8 Å². The number of aryl methyl sites for hydroxylation is 1. The summed E-state index contributed by atoms with van der Waals surface area (Å²) in [5.74, 6) is -2.09. The number of carbonyl (C=O) groups is 3. The maximum absolute atomic E-state index is 15.9. The molecule has 1 fully saturated rings. The van der Waals surface area contributed by atoms with Crippen LogP contribution in [0.15, 0.2) is 71.9 Å². The first-order valence-corrected chi connectivity index (χ1v) is 17.5. The minimum Gasteiger partial charge on any atom is -0.326 e. The van der Waals surface area contributed by atoms with Gasteiger partial charge in [-0.15, -0.1) is 0 Å². The molecule has 0 spiro atoms. The third-order valence-electron chi connectivity index (χ3n) is 8.62. The van der Waals surface area contributed by atoms with Gasteiger partial charge in [0.05, 0.1) is 22.6 Å². The summed E-state index contributed by atoms with van der Waals surface area (Å²) in [6.45, 7) is 2.34. The van der Waals surface area contributed by atoms with E-state index in [1.165, 1.54) is 62.1 Å². The Kier molecular flexibility index (Phi) is 9.72. The van der Waals surface area contributed by atoms with Crippen molar-refractivity contribution in [2.45, 2.75) is 43.9 Å². The van der Waals surface area contributed by atoms with Crippen molar-refractivity contribution in [1.82, 2.24) is 29.0 Å². The van der Waals surface area contributed by atoms with Crippen LogP contribution in [-0.4, -0.2) is 87.8 Å². The van der Waals surface area contributed by atoms with Crippen molar-refractivity contribution in [3.63, 3.8) is 0 Å². The van der Waals surface area contributed by atoms with Gasteiger partial charge in [0.2, 0.25) is 21.8 Å². The highest BCUT2D eigenvalue weighted by Gasteiger charge is 2.40. The van der Waals surface area contributed by atoms with Gasteiger partial charge in [-0.3, -0.25) is 19.1 Å². The fourth-order valence-electron chi connectivity index (χ4n) is 5.94. The molecule has 1 aliphatic rings. The molecule has 3 heterocycles. The molecule has 2 atom stereocenters. The van der Waals surface area contributed by atoms with Crippen LogP contribution < -0.4 is 5.32 Å². The van der Waals surface area contributed by atoms with Gasteiger partial charge >= 0.3 is 0 Å². The Bertz CT molecular complexity index is 2320. The summed E-state index contributed by atoms with van der Waals surface area (Å²) in [7, 11) is -1.15. The molecule has 1 saturated heterocycles. The zero-order valence-corrected chi connectivity index (χ0v) is 29.5. The van der Waals surface area contributed by atoms with Gasteiger partial charge in [0.1, 0.15) is 30.3 Å². The van der Waals surface area contributed by atoms with Crippen molar-refractivity contribution in [2.75, 3.05) is 26.0 Å². The zero-order chi connectivity index (χ0) is 36.8. The lowest BCUT2D eigenvalue weighted by Crippen LogP contribution is -2.44. The molecule has 264 valence electrons. The molecule has 2 unspecified atom stereocenters. The first kappa shape index (κ1) is 35.7. The topological polar surface area (TPSA) is 147 Å². The SMILES string of the molecule is CC(=O)c1nn(CC(=O)N2CC(F)CC2C(=O)Nc2cccc(-c3cc(S(=O)(=O)N(C)C)ccc3Cl)c2F)c2ccc(-c3cnc(C)nc3)cc12. The predicted molar refractivity (Wildman–Crippen MR) is 187 cm³/mol. The summed E-state index contributed by atoms with van der Waals surface area (Å²) < 4.78 is 58.5. The number of benzene rings is 3. The molecule has 0 bridgehead atoms. The number of rotatable bonds is 9. The lowest BCUT2D eigenvalue weighted by Gasteiger charge is -2.24. The summed E-state index contributed by atoms with van der Waals surface area (Å²) in [6.07, 6.45) is 1.47. The number of Topliss-reactive ketones (excluding diaryl/α,β-unsaturated/α-hetero) is 1. The van der Waals surface area contributed by atoms with Crippen LogP contribution in [0.4, 0.5) is 14.5 Å². The van der Waals surface area contributed by atoms with E-state index in [1.807, 2.05) is 0 Å². The van der Waals surface area contributed by atoms with E-state index in [-0.39, 0.29) is 51.2 Å². The van der Waals surface area contributed by atoms with Gasteiger partial charge in [-0.05, 0) is 48.9 Å². The summed E-state index contributed by atoms with van der Waals surface area (Å²) >= 11 is 6.35. The number of aromatic nitrogens is 4. The molecule has 1 aliphatic heterocycles. The van der Waals surface area contributed by atoms with E-state index >= 15 is 4.39 Å². The number of nitrogens with zero attached hydrogens (tertiary/aromatic N) is 6. The van der Waals surface area contributed by atoms with Gasteiger partial charge in [0.25, 0.3) is 0 Å². The molecule has 5 aromatic rings. The number of halogens is 3. The van der Waals surface area contributed by atoms with E-state index < -0.39 is 46.4 Å². The molecular weight excluding hydrogens is 704 g/mol. The molecule has 16 heteroatoms. The van der Waals surface area contributed by atoms with Crippen molar-refractivity contribution < 1.29 is 31.6 Å². The normalized spacial score (nSPS) is 16.2. The van der Waals surface area contributed by atoms with Crippen LogP contribution in [0, 0.1) is 12.7 Å². The largest absolute Gasteiger partial charge is 0.326 e. The van der Waals surface area contributed by atoms with Gasteiger partial charge in [-0.25, -0.2) is 31.5 Å². The fourth-order valence-corrected chi connectivity index (χ4v) is 7.09. The minimum atomic E-state index is -3.87. The highest BCUT2D eigenvalue weighted by Crippen LogP contribution is 2.35. The molecule has 6 rings (SSSR count). The second-order valence-corrected chi connectivity index (χ2v) is 14.9. The second kappa shape index (κ2) is 13.9. The number of alkyl halides is 1. The highest BCUT2D eigenvalue weighted by atomic mass is 35.5. The molecular formula is C35H32ClF2N7O5S. The molecule has 3 aromatic carbocycles. The molecule has 0 aliphatic carbocycles. The van der Waals surface area contributed by atoms with E-state index in [9.17, 15) is 27.2 Å². The van der Waals surface area contributed by atoms with Crippen molar-refractivity contribution in [1.29, 1.82) is 0 Å². The first-order chi connectivity index (χ1) is 24.1. The third kappa shape index (κ3) is 6.96. The Labute approximate surface area is 297 Å². The van der Waals surface area contributed by atoms with Crippen molar-refractivity contribution in [3.8, 4) is 22.3 Å². The van der Waals surface area contributed by atoms with Crippen molar-refractivity contribution >= 4 is 55.8 Å². The highest BCUT2D eigenvalue weighted by molar-refractivity contribution is 7.89. The molecule has 1 N–H and O–H groups in total. The van der Waals surface area contributed by atoms with E-state index in [1.54, 1.807) is 37.5 Å². The first-order valence-electron chi connectivity index (χ1n) is 15.7. The number of carbonyl (C=O) groups excluding carboxylic acids is 3. The molecule has 0 saturated carbocycles. The van der Waals surface area contributed by atoms with Gasteiger partial charge < -0.3 is 10.2 Å². The molecule has 2 amide bonds. The smallest absolute Gasteiger partial charge is 0.247 e. The van der Waals surface area contributed by atoms with Crippen LogP contribution in [0.5, 0.6) is 0 Å². The predicted octanol–water partition coefficient (Wildman–Crippen LogP) is 5.29. The number of fused-ring (bicyclic) bond motifs is 1. The quantitative estimate of drug-likeness (QED) is 0.201. The van der Waals surface area contributed by atoms with Gasteiger partial charge in [0, 0.05) is 66.9 Å². The van der Waals surface area contributed by atoms with Gasteiger partial charge in [0.15, 0.2) is 11.6 Å². The van der Waals surface area contributed by atoms with Gasteiger partial charge in [-0.2, -0.15) is 5.10 Å². The molecule has 51 heavy (non-hydrogen) atoms. The van der Waals surface area contributed by atoms with Crippen molar-refractivity contribution in [3.05, 3.63) is 89.3 Å². The van der Waals surface area contributed by atoms with Crippen LogP contribution in [0.2, 0.25) is 5.02 Å². The van der Waals surface area contributed by atoms with E-state index in [4.69, 9.17) is 11.6 Å². The minimum absolute atomic E-state index is 0.0717. The van der Waals surface area contributed by atoms with Crippen LogP contribution in [0.1, 0.15) is 29.7 Å². The van der Waals surface area contributed by atoms with Crippen LogP contribution in [-0.2, 0) is 26.2 Å². The van der Waals surface area contributed by atoms with E-state index in [0.717, 1.165) is 20.3 Å². The number of likely N-dealkylation sites (tertiary alicyclic amines) is 1. The number of amides is 2. The Morgan fingerprint density at radius 2 is 1.75 bits per heavy atom. The summed E-state index contributed by atoms with van der Waals surface area (Å²) in [5.41, 5.74) is 1.78. The molecule has 2 aromatic heterocycles. The number of hydrogen-bond acceptors (Lipinski definition) is 8. The van der Waals surface area contributed by atoms with Crippen molar-refractivity contribution in [2.24, 2.45) is 0 Å². The average molecular weight is 736 g/mol. The Morgan fingerprint density at radius 3 is 2.43 bits per heavy atom. The summed E-state index contributed by atoms with van der Waals surface area (Å²) in [5, 5.41) is 7.42. The zero-order valence-electron chi connectivity index (χ0n) is 27.9. The lowest BCUT2D eigenvalue weighted by atomic mass is 10.0. The Morgan fingerprint density at radius 1 is 1.02 bits per heavy atom.